The molecule has 0 unspecified atom stereocenters. The van der Waals surface area contributed by atoms with Crippen LogP contribution in [0.25, 0.3) is 0 Å². The molecule has 0 bridgehead atoms. The Balaban J connectivity index is 1.82. The summed E-state index contributed by atoms with van der Waals surface area (Å²) >= 11 is 0. The molecule has 0 saturated carbocycles. The number of nitrogens with one attached hydrogen (secondary N) is 2. The van der Waals surface area contributed by atoms with E-state index in [1.54, 1.807) is 6.20 Å². The fourth-order valence-electron chi connectivity index (χ4n) is 2.74. The van der Waals surface area contributed by atoms with Crippen LogP contribution in [0.4, 0.5) is 10.5 Å². The van der Waals surface area contributed by atoms with Crippen molar-refractivity contribution in [1.29, 1.82) is 0 Å². The minimum Gasteiger partial charge on any atom is -0.377 e. The van der Waals surface area contributed by atoms with E-state index >= 15 is 0 Å². The molecule has 1 fully saturated rings. The molecule has 116 valence electrons. The van der Waals surface area contributed by atoms with E-state index < -0.39 is 0 Å². The molecule has 2 N–H and O–H groups in total. The average molecular weight is 291 g/mol. The molecular weight excluding hydrogens is 266 g/mol. The topological polar surface area (TPSA) is 63.2 Å². The summed E-state index contributed by atoms with van der Waals surface area (Å²) in [5.41, 5.74) is 1.73. The zero-order valence-corrected chi connectivity index (χ0v) is 13.3. The van der Waals surface area contributed by atoms with E-state index in [-0.39, 0.29) is 17.6 Å². The van der Waals surface area contributed by atoms with Crippen LogP contribution in [-0.4, -0.2) is 30.3 Å². The molecule has 2 atom stereocenters. The summed E-state index contributed by atoms with van der Waals surface area (Å²) in [7, 11) is 0. The SMILES string of the molecule is Cc1ccc(NC(=O)NC[C@H]2CCO[C@@H]2C(C)(C)C)cn1. The maximum absolute atomic E-state index is 11.9. The summed E-state index contributed by atoms with van der Waals surface area (Å²) in [6.07, 6.45) is 2.85. The zero-order valence-electron chi connectivity index (χ0n) is 13.3. The number of ether oxygens (including phenoxy) is 1. The maximum atomic E-state index is 11.9. The predicted octanol–water partition coefficient (Wildman–Crippen LogP) is 2.96. The Hall–Kier alpha value is -1.62. The summed E-state index contributed by atoms with van der Waals surface area (Å²) in [5.74, 6) is 0.367. The number of aryl methyl sites for hydroxylation is 1. The Bertz CT molecular complexity index is 479. The van der Waals surface area contributed by atoms with Gasteiger partial charge in [0, 0.05) is 24.8 Å². The predicted molar refractivity (Wildman–Crippen MR) is 83.3 cm³/mol. The molecule has 1 aromatic heterocycles. The second-order valence-corrected chi connectivity index (χ2v) is 6.73. The van der Waals surface area contributed by atoms with Crippen molar-refractivity contribution in [3.8, 4) is 0 Å². The lowest BCUT2D eigenvalue weighted by Crippen LogP contribution is -2.40. The second-order valence-electron chi connectivity index (χ2n) is 6.73. The molecule has 1 aromatic rings. The number of hydrogen-bond donors (Lipinski definition) is 2. The van der Waals surface area contributed by atoms with E-state index in [4.69, 9.17) is 4.74 Å². The van der Waals surface area contributed by atoms with Crippen LogP contribution in [0.2, 0.25) is 0 Å². The van der Waals surface area contributed by atoms with Crippen molar-refractivity contribution in [3.63, 3.8) is 0 Å². The van der Waals surface area contributed by atoms with Crippen molar-refractivity contribution in [3.05, 3.63) is 24.0 Å². The highest BCUT2D eigenvalue weighted by Gasteiger charge is 2.37. The summed E-state index contributed by atoms with van der Waals surface area (Å²) in [4.78, 5) is 16.1. The van der Waals surface area contributed by atoms with Crippen molar-refractivity contribution < 1.29 is 9.53 Å². The number of nitrogens with zero attached hydrogens (tertiary/aromatic N) is 1. The van der Waals surface area contributed by atoms with Crippen LogP contribution in [0.1, 0.15) is 32.9 Å². The van der Waals surface area contributed by atoms with Gasteiger partial charge in [0.25, 0.3) is 0 Å². The Labute approximate surface area is 126 Å². The summed E-state index contributed by atoms with van der Waals surface area (Å²) in [6, 6.07) is 3.52. The van der Waals surface area contributed by atoms with Crippen LogP contribution in [0.15, 0.2) is 18.3 Å². The summed E-state index contributed by atoms with van der Waals surface area (Å²) in [5, 5.41) is 5.73. The fraction of sp³-hybridized carbons (Fsp3) is 0.625. The fourth-order valence-corrected chi connectivity index (χ4v) is 2.74. The molecular formula is C16H25N3O2. The van der Waals surface area contributed by atoms with Gasteiger partial charge < -0.3 is 15.4 Å². The lowest BCUT2D eigenvalue weighted by molar-refractivity contribution is 0.00782. The molecule has 0 aromatic carbocycles. The van der Waals surface area contributed by atoms with Crippen molar-refractivity contribution in [2.75, 3.05) is 18.5 Å². The Morgan fingerprint density at radius 2 is 2.19 bits per heavy atom. The average Bonchev–Trinajstić information content (AvgIpc) is 2.87. The molecule has 2 rings (SSSR count). The molecule has 0 radical (unpaired) electrons. The van der Waals surface area contributed by atoms with Crippen LogP contribution in [-0.2, 0) is 4.74 Å². The van der Waals surface area contributed by atoms with Crippen molar-refractivity contribution in [2.45, 2.75) is 40.2 Å². The van der Waals surface area contributed by atoms with E-state index in [0.29, 0.717) is 18.2 Å². The third kappa shape index (κ3) is 4.43. The van der Waals surface area contributed by atoms with Gasteiger partial charge in [-0.2, -0.15) is 0 Å². The molecule has 1 aliphatic heterocycles. The number of anilines is 1. The number of carbonyl (C=O) groups is 1. The van der Waals surface area contributed by atoms with Crippen molar-refractivity contribution in [2.24, 2.45) is 11.3 Å². The minimum absolute atomic E-state index is 0.0974. The summed E-state index contributed by atoms with van der Waals surface area (Å²) in [6.45, 7) is 9.84. The Kier molecular flexibility index (Phi) is 4.83. The molecule has 21 heavy (non-hydrogen) atoms. The van der Waals surface area contributed by atoms with Gasteiger partial charge in [-0.15, -0.1) is 0 Å². The van der Waals surface area contributed by atoms with E-state index in [1.165, 1.54) is 0 Å². The molecule has 2 heterocycles. The van der Waals surface area contributed by atoms with Crippen LogP contribution in [0.3, 0.4) is 0 Å². The van der Waals surface area contributed by atoms with Gasteiger partial charge in [-0.1, -0.05) is 20.8 Å². The molecule has 5 heteroatoms. The lowest BCUT2D eigenvalue weighted by atomic mass is 9.81. The van der Waals surface area contributed by atoms with E-state index in [2.05, 4.69) is 36.4 Å². The quantitative estimate of drug-likeness (QED) is 0.900. The molecule has 0 aliphatic carbocycles. The number of rotatable bonds is 3. The van der Waals surface area contributed by atoms with E-state index in [0.717, 1.165) is 18.7 Å². The molecule has 0 spiro atoms. The number of amides is 2. The number of carbonyl (C=O) groups excluding carboxylic acids is 1. The number of urea groups is 1. The van der Waals surface area contributed by atoms with E-state index in [1.807, 2.05) is 19.1 Å². The first-order valence-corrected chi connectivity index (χ1v) is 7.45. The first kappa shape index (κ1) is 15.8. The summed E-state index contributed by atoms with van der Waals surface area (Å²) < 4.78 is 5.81. The maximum Gasteiger partial charge on any atom is 0.319 e. The van der Waals surface area contributed by atoms with Crippen LogP contribution >= 0.6 is 0 Å². The first-order valence-electron chi connectivity index (χ1n) is 7.45. The highest BCUT2D eigenvalue weighted by molar-refractivity contribution is 5.88. The second kappa shape index (κ2) is 6.43. The van der Waals surface area contributed by atoms with Crippen molar-refractivity contribution >= 4 is 11.7 Å². The van der Waals surface area contributed by atoms with Crippen LogP contribution < -0.4 is 10.6 Å². The first-order chi connectivity index (χ1) is 9.86. The van der Waals surface area contributed by atoms with Gasteiger partial charge in [-0.05, 0) is 30.9 Å². The molecule has 2 amide bonds. The van der Waals surface area contributed by atoms with Crippen LogP contribution in [0.5, 0.6) is 0 Å². The molecule has 1 aliphatic rings. The van der Waals surface area contributed by atoms with Gasteiger partial charge in [-0.25, -0.2) is 4.79 Å². The number of aromatic nitrogens is 1. The standard InChI is InChI=1S/C16H25N3O2/c1-11-5-6-13(10-17-11)19-15(20)18-9-12-7-8-21-14(12)16(2,3)4/h5-6,10,12,14H,7-9H2,1-4H3,(H2,18,19,20)/t12-,14+/m1/s1. The van der Waals surface area contributed by atoms with E-state index in [9.17, 15) is 4.79 Å². The molecule has 5 nitrogen and oxygen atoms in total. The minimum atomic E-state index is -0.194. The van der Waals surface area contributed by atoms with Crippen molar-refractivity contribution in [1.82, 2.24) is 10.3 Å². The van der Waals surface area contributed by atoms with Gasteiger partial charge in [0.2, 0.25) is 0 Å². The number of hydrogen-bond acceptors (Lipinski definition) is 3. The van der Waals surface area contributed by atoms with Gasteiger partial charge in [0.05, 0.1) is 18.0 Å². The smallest absolute Gasteiger partial charge is 0.319 e. The lowest BCUT2D eigenvalue weighted by Gasteiger charge is -2.31. The van der Waals surface area contributed by atoms with Gasteiger partial charge in [0.15, 0.2) is 0 Å². The Morgan fingerprint density at radius 3 is 2.81 bits per heavy atom. The highest BCUT2D eigenvalue weighted by Crippen LogP contribution is 2.34. The van der Waals surface area contributed by atoms with Gasteiger partial charge in [-0.3, -0.25) is 4.98 Å². The number of pyridine rings is 1. The normalized spacial score (nSPS) is 22.1. The van der Waals surface area contributed by atoms with Crippen LogP contribution in [0, 0.1) is 18.3 Å². The third-order valence-corrected chi connectivity index (χ3v) is 3.76. The van der Waals surface area contributed by atoms with Gasteiger partial charge >= 0.3 is 6.03 Å². The monoisotopic (exact) mass is 291 g/mol. The van der Waals surface area contributed by atoms with Gasteiger partial charge in [0.1, 0.15) is 0 Å². The molecule has 1 saturated heterocycles. The highest BCUT2D eigenvalue weighted by atomic mass is 16.5. The largest absolute Gasteiger partial charge is 0.377 e. The third-order valence-electron chi connectivity index (χ3n) is 3.76. The zero-order chi connectivity index (χ0) is 15.5. The Morgan fingerprint density at radius 1 is 1.43 bits per heavy atom.